The Bertz CT molecular complexity index is 863. The normalized spacial score (nSPS) is 19.6. The van der Waals surface area contributed by atoms with E-state index in [1.165, 1.54) is 4.88 Å². The molecule has 7 heteroatoms. The van der Waals surface area contributed by atoms with E-state index in [4.69, 9.17) is 9.72 Å². The fourth-order valence-corrected chi connectivity index (χ4v) is 5.49. The Hall–Kier alpha value is -1.80. The molecular formula is C23H32N4O2S. The maximum absolute atomic E-state index is 12.8. The van der Waals surface area contributed by atoms with E-state index in [0.29, 0.717) is 11.6 Å². The van der Waals surface area contributed by atoms with Crippen molar-refractivity contribution in [2.24, 2.45) is 0 Å². The highest BCUT2D eigenvalue weighted by Crippen LogP contribution is 2.32. The smallest absolute Gasteiger partial charge is 0.257 e. The first kappa shape index (κ1) is 21.4. The predicted molar refractivity (Wildman–Crippen MR) is 121 cm³/mol. The summed E-state index contributed by atoms with van der Waals surface area (Å²) in [6.07, 6.45) is 4.28. The number of amides is 1. The van der Waals surface area contributed by atoms with Crippen LogP contribution in [0.5, 0.6) is 0 Å². The number of carbonyl (C=O) groups excluding carboxylic acids is 1. The molecular weight excluding hydrogens is 396 g/mol. The van der Waals surface area contributed by atoms with Gasteiger partial charge in [-0.05, 0) is 57.0 Å². The fraction of sp³-hybridized carbons (Fsp3) is 0.565. The van der Waals surface area contributed by atoms with Crippen molar-refractivity contribution in [3.63, 3.8) is 0 Å². The molecule has 162 valence electrons. The van der Waals surface area contributed by atoms with Crippen molar-refractivity contribution in [1.29, 1.82) is 0 Å². The Kier molecular flexibility index (Phi) is 7.15. The Morgan fingerprint density at radius 3 is 3.00 bits per heavy atom. The van der Waals surface area contributed by atoms with E-state index < -0.39 is 0 Å². The number of thiazole rings is 1. The molecule has 30 heavy (non-hydrogen) atoms. The van der Waals surface area contributed by atoms with Crippen LogP contribution in [-0.4, -0.2) is 66.6 Å². The van der Waals surface area contributed by atoms with Crippen LogP contribution in [0.25, 0.3) is 0 Å². The molecule has 1 fully saturated rings. The van der Waals surface area contributed by atoms with Gasteiger partial charge in [0.2, 0.25) is 0 Å². The summed E-state index contributed by atoms with van der Waals surface area (Å²) in [5, 5.41) is 3.76. The zero-order chi connectivity index (χ0) is 20.9. The zero-order valence-corrected chi connectivity index (χ0v) is 18.8. The fourth-order valence-electron chi connectivity index (χ4n) is 4.42. The maximum Gasteiger partial charge on any atom is 0.257 e. The number of aryl methyl sites for hydroxylation is 1. The second-order valence-electron chi connectivity index (χ2n) is 8.33. The van der Waals surface area contributed by atoms with E-state index in [-0.39, 0.29) is 5.91 Å². The van der Waals surface area contributed by atoms with Crippen LogP contribution < -0.4 is 5.32 Å². The van der Waals surface area contributed by atoms with E-state index in [1.54, 1.807) is 11.3 Å². The highest BCUT2D eigenvalue weighted by Gasteiger charge is 2.28. The van der Waals surface area contributed by atoms with Crippen LogP contribution in [0.2, 0.25) is 0 Å². The molecule has 1 saturated heterocycles. The average molecular weight is 429 g/mol. The second-order valence-corrected chi connectivity index (χ2v) is 9.41. The zero-order valence-electron chi connectivity index (χ0n) is 18.0. The molecule has 1 atom stereocenters. The summed E-state index contributed by atoms with van der Waals surface area (Å²) >= 11 is 1.64. The van der Waals surface area contributed by atoms with Crippen LogP contribution in [0.4, 0.5) is 5.13 Å². The van der Waals surface area contributed by atoms with Crippen molar-refractivity contribution in [3.05, 3.63) is 46.0 Å². The van der Waals surface area contributed by atoms with Crippen molar-refractivity contribution in [2.75, 3.05) is 45.2 Å². The third-order valence-corrected chi connectivity index (χ3v) is 6.98. The first-order valence-corrected chi connectivity index (χ1v) is 11.8. The van der Waals surface area contributed by atoms with Gasteiger partial charge in [-0.2, -0.15) is 0 Å². The summed E-state index contributed by atoms with van der Waals surface area (Å²) in [5.74, 6) is -0.0779. The van der Waals surface area contributed by atoms with Crippen molar-refractivity contribution >= 4 is 22.4 Å². The molecule has 1 unspecified atom stereocenters. The number of hydrogen-bond acceptors (Lipinski definition) is 6. The van der Waals surface area contributed by atoms with Crippen LogP contribution in [0, 0.1) is 0 Å². The summed E-state index contributed by atoms with van der Waals surface area (Å²) in [6, 6.07) is 8.48. The van der Waals surface area contributed by atoms with E-state index >= 15 is 0 Å². The Labute approximate surface area is 183 Å². The van der Waals surface area contributed by atoms with Gasteiger partial charge in [-0.15, -0.1) is 11.3 Å². The number of fused-ring (bicyclic) bond motifs is 1. The third kappa shape index (κ3) is 5.27. The van der Waals surface area contributed by atoms with Gasteiger partial charge in [0.1, 0.15) is 0 Å². The number of morpholine rings is 1. The van der Waals surface area contributed by atoms with Crippen LogP contribution in [0.1, 0.15) is 46.3 Å². The van der Waals surface area contributed by atoms with E-state index in [1.807, 2.05) is 18.2 Å². The average Bonchev–Trinajstić information content (AvgIpc) is 3.16. The minimum absolute atomic E-state index is 0.0779. The monoisotopic (exact) mass is 428 g/mol. The van der Waals surface area contributed by atoms with Crippen molar-refractivity contribution in [3.8, 4) is 0 Å². The quantitative estimate of drug-likeness (QED) is 0.732. The Morgan fingerprint density at radius 2 is 2.20 bits per heavy atom. The molecule has 1 aromatic carbocycles. The maximum atomic E-state index is 12.8. The predicted octanol–water partition coefficient (Wildman–Crippen LogP) is 3.43. The van der Waals surface area contributed by atoms with E-state index in [2.05, 4.69) is 35.2 Å². The minimum atomic E-state index is -0.0779. The van der Waals surface area contributed by atoms with Crippen LogP contribution >= 0.6 is 11.3 Å². The van der Waals surface area contributed by atoms with Crippen LogP contribution in [0.15, 0.2) is 24.3 Å². The summed E-state index contributed by atoms with van der Waals surface area (Å²) in [4.78, 5) is 23.7. The van der Waals surface area contributed by atoms with Gasteiger partial charge in [0.05, 0.1) is 18.9 Å². The first-order chi connectivity index (χ1) is 14.6. The van der Waals surface area contributed by atoms with Crippen molar-refractivity contribution in [2.45, 2.75) is 45.2 Å². The molecule has 6 nitrogen and oxygen atoms in total. The lowest BCUT2D eigenvalue weighted by Crippen LogP contribution is -2.45. The standard InChI is InChI=1S/C23H32N4O2S/c1-3-9-26(2)16-17-5-4-6-18(14-17)22(28)25-23-24-20-8-7-19(15-21(20)30-23)27-10-12-29-13-11-27/h4-6,14,19H,3,7-13,15-16H2,1-2H3,(H,24,25,28). The molecule has 0 saturated carbocycles. The topological polar surface area (TPSA) is 57.7 Å². The summed E-state index contributed by atoms with van der Waals surface area (Å²) in [5.41, 5.74) is 3.01. The molecule has 2 aromatic rings. The van der Waals surface area contributed by atoms with Gasteiger partial charge in [-0.3, -0.25) is 15.0 Å². The number of rotatable bonds is 7. The Balaban J connectivity index is 1.38. The first-order valence-electron chi connectivity index (χ1n) is 11.0. The molecule has 2 aliphatic rings. The number of ether oxygens (including phenoxy) is 1. The largest absolute Gasteiger partial charge is 0.379 e. The van der Waals surface area contributed by atoms with Crippen molar-refractivity contribution < 1.29 is 9.53 Å². The molecule has 0 radical (unpaired) electrons. The molecule has 1 aliphatic heterocycles. The van der Waals surface area contributed by atoms with Crippen molar-refractivity contribution in [1.82, 2.24) is 14.8 Å². The Morgan fingerprint density at radius 1 is 1.37 bits per heavy atom. The van der Waals surface area contributed by atoms with Gasteiger partial charge in [0.25, 0.3) is 5.91 Å². The molecule has 1 aromatic heterocycles. The number of benzene rings is 1. The minimum Gasteiger partial charge on any atom is -0.379 e. The number of nitrogens with zero attached hydrogens (tertiary/aromatic N) is 3. The highest BCUT2D eigenvalue weighted by atomic mass is 32.1. The van der Waals surface area contributed by atoms with E-state index in [0.717, 1.165) is 81.5 Å². The van der Waals surface area contributed by atoms with Crippen LogP contribution in [0.3, 0.4) is 0 Å². The third-order valence-electron chi connectivity index (χ3n) is 5.94. The lowest BCUT2D eigenvalue weighted by Gasteiger charge is -2.36. The second kappa shape index (κ2) is 10.0. The molecule has 0 spiro atoms. The number of aromatic nitrogens is 1. The molecule has 1 aliphatic carbocycles. The number of hydrogen-bond donors (Lipinski definition) is 1. The molecule has 0 bridgehead atoms. The molecule has 1 amide bonds. The van der Waals surface area contributed by atoms with Gasteiger partial charge in [-0.1, -0.05) is 19.1 Å². The van der Waals surface area contributed by atoms with Gasteiger partial charge in [-0.25, -0.2) is 4.98 Å². The summed E-state index contributed by atoms with van der Waals surface area (Å²) in [7, 11) is 2.11. The number of nitrogens with one attached hydrogen (secondary N) is 1. The lowest BCUT2D eigenvalue weighted by molar-refractivity contribution is 0.0139. The highest BCUT2D eigenvalue weighted by molar-refractivity contribution is 7.15. The summed E-state index contributed by atoms with van der Waals surface area (Å²) in [6.45, 7) is 7.78. The van der Waals surface area contributed by atoms with Gasteiger partial charge >= 0.3 is 0 Å². The molecule has 4 rings (SSSR count). The summed E-state index contributed by atoms with van der Waals surface area (Å²) < 4.78 is 5.49. The number of carbonyl (C=O) groups is 1. The lowest BCUT2D eigenvalue weighted by atomic mass is 9.96. The molecule has 2 heterocycles. The van der Waals surface area contributed by atoms with Crippen LogP contribution in [-0.2, 0) is 24.1 Å². The van der Waals surface area contributed by atoms with Gasteiger partial charge < -0.3 is 9.64 Å². The molecule has 1 N–H and O–H groups in total. The van der Waals surface area contributed by atoms with E-state index in [9.17, 15) is 4.79 Å². The van der Waals surface area contributed by atoms with Gasteiger partial charge in [0.15, 0.2) is 5.13 Å². The SMILES string of the molecule is CCCN(C)Cc1cccc(C(=O)Nc2nc3c(s2)CC(N2CCOCC2)CC3)c1. The van der Waals surface area contributed by atoms with Gasteiger partial charge in [0, 0.05) is 36.1 Å². The number of anilines is 1.